The van der Waals surface area contributed by atoms with Crippen molar-refractivity contribution >= 4 is 59.4 Å². The molecular formula is C32H52N8O16. The van der Waals surface area contributed by atoms with Gasteiger partial charge in [0.1, 0.15) is 18.1 Å². The third kappa shape index (κ3) is 21.4. The number of aliphatic carboxylic acids is 6. The minimum atomic E-state index is -1.62. The summed E-state index contributed by atoms with van der Waals surface area (Å²) in [5.74, 6) is -11.1. The number of carboxylic acids is 6. The molecule has 316 valence electrons. The zero-order valence-corrected chi connectivity index (χ0v) is 31.0. The second-order valence-corrected chi connectivity index (χ2v) is 12.9. The van der Waals surface area contributed by atoms with E-state index < -0.39 is 129 Å². The molecule has 0 aliphatic carbocycles. The van der Waals surface area contributed by atoms with Crippen molar-refractivity contribution in [3.05, 3.63) is 0 Å². The fraction of sp³-hybridized carbons (Fsp3) is 0.688. The molecular weight excluding hydrogens is 752 g/mol. The lowest BCUT2D eigenvalue weighted by atomic mass is 10.1. The third-order valence-electron chi connectivity index (χ3n) is 8.48. The highest BCUT2D eigenvalue weighted by atomic mass is 16.4. The molecule has 0 saturated carbocycles. The molecule has 0 aromatic carbocycles. The normalized spacial score (nSPS) is 16.7. The Labute approximate surface area is 321 Å². The number of nitrogens with zero attached hydrogens (tertiary/aromatic N) is 4. The van der Waals surface area contributed by atoms with Gasteiger partial charge in [-0.15, -0.1) is 0 Å². The van der Waals surface area contributed by atoms with Crippen LogP contribution >= 0.6 is 0 Å². The van der Waals surface area contributed by atoms with E-state index in [0.29, 0.717) is 0 Å². The van der Waals surface area contributed by atoms with Crippen molar-refractivity contribution in [3.63, 3.8) is 0 Å². The SMILES string of the molecule is CNC(=O)[C@@H](CCC(=O)O)NC(=O)[C@@H](CCC(=O)O)NC(=O)[C@@H](CCC(=O)O)NC(=O)CN1CCN(CC(=O)O)CCN(CC(=O)O)CCN(CC(=O)O)CC1. The summed E-state index contributed by atoms with van der Waals surface area (Å²) >= 11 is 0. The van der Waals surface area contributed by atoms with Gasteiger partial charge >= 0.3 is 35.8 Å². The lowest BCUT2D eigenvalue weighted by Gasteiger charge is -2.33. The molecule has 24 heteroatoms. The molecule has 1 rings (SSSR count). The maximum atomic E-state index is 13.5. The van der Waals surface area contributed by atoms with Crippen LogP contribution in [0.5, 0.6) is 0 Å². The molecule has 0 radical (unpaired) electrons. The quantitative estimate of drug-likeness (QED) is 0.0463. The molecule has 1 aliphatic heterocycles. The summed E-state index contributed by atoms with van der Waals surface area (Å²) in [6, 6.07) is -4.58. The number of nitrogens with one attached hydrogen (secondary N) is 4. The van der Waals surface area contributed by atoms with Gasteiger partial charge in [0.05, 0.1) is 26.2 Å². The van der Waals surface area contributed by atoms with Gasteiger partial charge in [0.25, 0.3) is 0 Å². The van der Waals surface area contributed by atoms with E-state index in [4.69, 9.17) is 5.11 Å². The van der Waals surface area contributed by atoms with E-state index in [2.05, 4.69) is 21.3 Å². The Morgan fingerprint density at radius 3 is 0.946 bits per heavy atom. The summed E-state index contributed by atoms with van der Waals surface area (Å²) in [6.07, 6.45) is -3.13. The van der Waals surface area contributed by atoms with Gasteiger partial charge in [0, 0.05) is 78.7 Å². The van der Waals surface area contributed by atoms with E-state index in [9.17, 15) is 73.5 Å². The van der Waals surface area contributed by atoms with Gasteiger partial charge < -0.3 is 51.9 Å². The van der Waals surface area contributed by atoms with Crippen LogP contribution < -0.4 is 21.3 Å². The van der Waals surface area contributed by atoms with Crippen molar-refractivity contribution in [3.8, 4) is 0 Å². The van der Waals surface area contributed by atoms with Gasteiger partial charge in [0.15, 0.2) is 0 Å². The summed E-state index contributed by atoms with van der Waals surface area (Å²) in [5, 5.41) is 65.1. The lowest BCUT2D eigenvalue weighted by molar-refractivity contribution is -0.140. The minimum Gasteiger partial charge on any atom is -0.481 e. The zero-order chi connectivity index (χ0) is 42.4. The average Bonchev–Trinajstić information content (AvgIpc) is 3.09. The second-order valence-electron chi connectivity index (χ2n) is 12.9. The first-order valence-corrected chi connectivity index (χ1v) is 17.6. The van der Waals surface area contributed by atoms with Crippen LogP contribution in [0.15, 0.2) is 0 Å². The number of hydrogen-bond acceptors (Lipinski definition) is 14. The largest absolute Gasteiger partial charge is 0.481 e. The molecule has 0 aromatic heterocycles. The van der Waals surface area contributed by atoms with Gasteiger partial charge in [-0.3, -0.25) is 67.5 Å². The van der Waals surface area contributed by atoms with E-state index in [1.165, 1.54) is 16.8 Å². The Kier molecular flexibility index (Phi) is 22.2. The molecule has 0 bridgehead atoms. The van der Waals surface area contributed by atoms with Crippen LogP contribution in [0.3, 0.4) is 0 Å². The highest BCUT2D eigenvalue weighted by Crippen LogP contribution is 2.07. The molecule has 0 unspecified atom stereocenters. The Hall–Kier alpha value is -5.46. The first-order valence-electron chi connectivity index (χ1n) is 17.6. The molecule has 3 atom stereocenters. The molecule has 10 N–H and O–H groups in total. The van der Waals surface area contributed by atoms with Gasteiger partial charge in [-0.05, 0) is 19.3 Å². The number of likely N-dealkylation sites (N-methyl/N-ethyl adjacent to an activating group) is 1. The van der Waals surface area contributed by atoms with E-state index in [1.54, 1.807) is 9.80 Å². The second kappa shape index (κ2) is 25.6. The molecule has 0 spiro atoms. The highest BCUT2D eigenvalue weighted by molar-refractivity contribution is 5.95. The summed E-state index contributed by atoms with van der Waals surface area (Å²) in [7, 11) is 1.23. The Morgan fingerprint density at radius 2 is 0.679 bits per heavy atom. The van der Waals surface area contributed by atoms with E-state index in [1.807, 2.05) is 0 Å². The number of hydrogen-bond donors (Lipinski definition) is 10. The van der Waals surface area contributed by atoms with Crippen molar-refractivity contribution in [2.75, 3.05) is 85.6 Å². The molecule has 24 nitrogen and oxygen atoms in total. The molecule has 0 aromatic rings. The summed E-state index contributed by atoms with van der Waals surface area (Å²) in [4.78, 5) is 127. The predicted molar refractivity (Wildman–Crippen MR) is 189 cm³/mol. The van der Waals surface area contributed by atoms with Gasteiger partial charge in [0.2, 0.25) is 23.6 Å². The molecule has 4 amide bonds. The standard InChI is InChI=1S/C32H52N8O16/c1-33-30(54)20(2-5-24(42)43)35-32(56)22(4-7-26(46)47)36-31(55)21(3-6-25(44)45)34-23(41)16-37-8-10-38(17-27(48)49)12-14-40(19-29(52)53)15-13-39(11-9-37)18-28(50)51/h20-22H,2-19H2,1H3,(H,33,54)(H,34,41)(H,35,56)(H,36,55)(H,42,43)(H,44,45)(H,46,47)(H,48,49)(H,50,51)(H,52,53)/t20-,21-,22-/m1/s1. The average molecular weight is 805 g/mol. The Bertz CT molecular complexity index is 1380. The van der Waals surface area contributed by atoms with Crippen LogP contribution in [0, 0.1) is 0 Å². The molecule has 56 heavy (non-hydrogen) atoms. The summed E-state index contributed by atoms with van der Waals surface area (Å²) in [5.41, 5.74) is 0. The Morgan fingerprint density at radius 1 is 0.411 bits per heavy atom. The van der Waals surface area contributed by atoms with E-state index in [-0.39, 0.29) is 65.3 Å². The minimum absolute atomic E-state index is 0.0539. The van der Waals surface area contributed by atoms with Crippen molar-refractivity contribution in [2.24, 2.45) is 0 Å². The predicted octanol–water partition coefficient (Wildman–Crippen LogP) is -4.74. The monoisotopic (exact) mass is 804 g/mol. The van der Waals surface area contributed by atoms with Crippen LogP contribution in [0.1, 0.15) is 38.5 Å². The highest BCUT2D eigenvalue weighted by Gasteiger charge is 2.31. The van der Waals surface area contributed by atoms with Gasteiger partial charge in [-0.25, -0.2) is 0 Å². The number of carboxylic acid groups (broad SMARTS) is 6. The van der Waals surface area contributed by atoms with Crippen molar-refractivity contribution in [2.45, 2.75) is 56.7 Å². The smallest absolute Gasteiger partial charge is 0.317 e. The fourth-order valence-electron chi connectivity index (χ4n) is 5.56. The number of carbonyl (C=O) groups excluding carboxylic acids is 4. The topological polar surface area (TPSA) is 353 Å². The van der Waals surface area contributed by atoms with Crippen molar-refractivity contribution in [1.29, 1.82) is 0 Å². The van der Waals surface area contributed by atoms with E-state index in [0.717, 1.165) is 0 Å². The van der Waals surface area contributed by atoms with Gasteiger partial charge in [-0.1, -0.05) is 0 Å². The molecule has 1 saturated heterocycles. The summed E-state index contributed by atoms with van der Waals surface area (Å²) in [6.45, 7) is -0.846. The van der Waals surface area contributed by atoms with Crippen LogP contribution in [-0.2, 0) is 47.9 Å². The molecule has 1 heterocycles. The first-order chi connectivity index (χ1) is 26.3. The maximum absolute atomic E-state index is 13.5. The Balaban J connectivity index is 3.28. The zero-order valence-electron chi connectivity index (χ0n) is 31.0. The molecule has 1 aliphatic rings. The van der Waals surface area contributed by atoms with Crippen LogP contribution in [-0.4, -0.2) is 213 Å². The van der Waals surface area contributed by atoms with Crippen LogP contribution in [0.2, 0.25) is 0 Å². The number of rotatable bonds is 23. The van der Waals surface area contributed by atoms with Crippen molar-refractivity contribution in [1.82, 2.24) is 40.9 Å². The lowest BCUT2D eigenvalue weighted by Crippen LogP contribution is -2.57. The molecule has 1 fully saturated rings. The van der Waals surface area contributed by atoms with Crippen LogP contribution in [0.4, 0.5) is 0 Å². The first kappa shape index (κ1) is 48.6. The maximum Gasteiger partial charge on any atom is 0.317 e. The van der Waals surface area contributed by atoms with E-state index >= 15 is 0 Å². The number of amides is 4. The van der Waals surface area contributed by atoms with Crippen molar-refractivity contribution < 1.29 is 78.6 Å². The number of carbonyl (C=O) groups is 10. The van der Waals surface area contributed by atoms with Crippen LogP contribution in [0.25, 0.3) is 0 Å². The third-order valence-corrected chi connectivity index (χ3v) is 8.48. The summed E-state index contributed by atoms with van der Waals surface area (Å²) < 4.78 is 0. The fourth-order valence-corrected chi connectivity index (χ4v) is 5.56. The van der Waals surface area contributed by atoms with Gasteiger partial charge in [-0.2, -0.15) is 0 Å².